The lowest BCUT2D eigenvalue weighted by atomic mass is 10.2. The monoisotopic (exact) mass is 221 g/mol. The molecule has 0 saturated heterocycles. The van der Waals surface area contributed by atoms with Crippen molar-refractivity contribution < 1.29 is 8.83 Å². The zero-order valence-corrected chi connectivity index (χ0v) is 9.49. The molecule has 2 heterocycles. The molecular weight excluding hydrogens is 206 g/mol. The van der Waals surface area contributed by atoms with Gasteiger partial charge in [-0.3, -0.25) is 0 Å². The van der Waals surface area contributed by atoms with Gasteiger partial charge in [0, 0.05) is 6.42 Å². The van der Waals surface area contributed by atoms with E-state index in [0.29, 0.717) is 18.3 Å². The molecule has 2 aromatic heterocycles. The summed E-state index contributed by atoms with van der Waals surface area (Å²) < 4.78 is 10.9. The van der Waals surface area contributed by atoms with Gasteiger partial charge in [-0.25, -0.2) is 0 Å². The first-order chi connectivity index (χ1) is 7.70. The van der Waals surface area contributed by atoms with E-state index in [-0.39, 0.29) is 0 Å². The molecule has 0 fully saturated rings. The van der Waals surface area contributed by atoms with Crippen LogP contribution in [-0.4, -0.2) is 16.7 Å². The quantitative estimate of drug-likeness (QED) is 0.852. The minimum Gasteiger partial charge on any atom is -0.466 e. The van der Waals surface area contributed by atoms with Crippen LogP contribution in [0.25, 0.3) is 11.5 Å². The van der Waals surface area contributed by atoms with E-state index >= 15 is 0 Å². The van der Waals surface area contributed by atoms with Gasteiger partial charge in [0.1, 0.15) is 11.5 Å². The number of rotatable bonds is 4. The van der Waals surface area contributed by atoms with Crippen molar-refractivity contribution in [3.05, 3.63) is 23.5 Å². The number of aryl methyl sites for hydroxylation is 3. The third-order valence-electron chi connectivity index (χ3n) is 2.33. The summed E-state index contributed by atoms with van der Waals surface area (Å²) in [6.07, 6.45) is 1.57. The second kappa shape index (κ2) is 4.49. The summed E-state index contributed by atoms with van der Waals surface area (Å²) in [6.45, 7) is 4.40. The molecule has 0 aliphatic carbocycles. The highest BCUT2D eigenvalue weighted by molar-refractivity contribution is 5.55. The molecular formula is C11H15N3O2. The van der Waals surface area contributed by atoms with Gasteiger partial charge in [-0.1, -0.05) is 0 Å². The first kappa shape index (κ1) is 10.9. The molecule has 0 spiro atoms. The van der Waals surface area contributed by atoms with E-state index in [4.69, 9.17) is 14.6 Å². The summed E-state index contributed by atoms with van der Waals surface area (Å²) in [5.74, 6) is 2.78. The van der Waals surface area contributed by atoms with Gasteiger partial charge in [0.25, 0.3) is 5.89 Å². The Balaban J connectivity index is 2.21. The number of hydrogen-bond acceptors (Lipinski definition) is 5. The number of hydrogen-bond donors (Lipinski definition) is 1. The highest BCUT2D eigenvalue weighted by Gasteiger charge is 2.14. The Bertz CT molecular complexity index is 473. The van der Waals surface area contributed by atoms with Crippen molar-refractivity contribution in [1.82, 2.24) is 10.2 Å². The molecule has 86 valence electrons. The van der Waals surface area contributed by atoms with Gasteiger partial charge in [0.05, 0.1) is 5.56 Å². The summed E-state index contributed by atoms with van der Waals surface area (Å²) in [6, 6.07) is 1.90. The lowest BCUT2D eigenvalue weighted by Gasteiger charge is -1.91. The van der Waals surface area contributed by atoms with Crippen LogP contribution in [0, 0.1) is 13.8 Å². The number of aromatic nitrogens is 2. The van der Waals surface area contributed by atoms with E-state index in [9.17, 15) is 0 Å². The summed E-state index contributed by atoms with van der Waals surface area (Å²) in [5.41, 5.74) is 6.28. The number of nitrogens with zero attached hydrogens (tertiary/aromatic N) is 2. The van der Waals surface area contributed by atoms with Crippen molar-refractivity contribution in [1.29, 1.82) is 0 Å². The van der Waals surface area contributed by atoms with Crippen LogP contribution in [0.5, 0.6) is 0 Å². The molecule has 5 nitrogen and oxygen atoms in total. The molecule has 0 saturated carbocycles. The zero-order valence-electron chi connectivity index (χ0n) is 9.49. The Morgan fingerprint density at radius 2 is 2.06 bits per heavy atom. The predicted octanol–water partition coefficient (Wildman–Crippen LogP) is 1.84. The van der Waals surface area contributed by atoms with E-state index in [1.807, 2.05) is 19.9 Å². The van der Waals surface area contributed by atoms with Gasteiger partial charge in [0.15, 0.2) is 0 Å². The number of furan rings is 1. The minimum absolute atomic E-state index is 0.515. The Morgan fingerprint density at radius 1 is 1.25 bits per heavy atom. The normalized spacial score (nSPS) is 10.9. The molecule has 0 aliphatic rings. The van der Waals surface area contributed by atoms with Crippen LogP contribution in [-0.2, 0) is 6.42 Å². The fourth-order valence-corrected chi connectivity index (χ4v) is 1.56. The Hall–Kier alpha value is -1.62. The number of nitrogens with two attached hydrogens (primary N) is 1. The molecule has 5 heteroatoms. The van der Waals surface area contributed by atoms with Crippen LogP contribution < -0.4 is 5.73 Å². The summed E-state index contributed by atoms with van der Waals surface area (Å²) in [4.78, 5) is 0. The summed E-state index contributed by atoms with van der Waals surface area (Å²) in [7, 11) is 0. The van der Waals surface area contributed by atoms with Crippen molar-refractivity contribution in [2.24, 2.45) is 5.73 Å². The molecule has 2 aromatic rings. The predicted molar refractivity (Wildman–Crippen MR) is 58.8 cm³/mol. The lowest BCUT2D eigenvalue weighted by Crippen LogP contribution is -2.00. The third-order valence-corrected chi connectivity index (χ3v) is 2.33. The van der Waals surface area contributed by atoms with Gasteiger partial charge in [0.2, 0.25) is 5.89 Å². The van der Waals surface area contributed by atoms with Gasteiger partial charge < -0.3 is 14.6 Å². The van der Waals surface area contributed by atoms with Crippen LogP contribution in [0.1, 0.15) is 23.8 Å². The molecule has 0 unspecified atom stereocenters. The third kappa shape index (κ3) is 2.14. The largest absolute Gasteiger partial charge is 0.466 e. The van der Waals surface area contributed by atoms with E-state index in [1.54, 1.807) is 0 Å². The first-order valence-corrected chi connectivity index (χ1v) is 5.30. The summed E-state index contributed by atoms with van der Waals surface area (Å²) in [5, 5.41) is 7.96. The molecule has 16 heavy (non-hydrogen) atoms. The molecule has 0 radical (unpaired) electrons. The zero-order chi connectivity index (χ0) is 11.5. The van der Waals surface area contributed by atoms with Crippen molar-refractivity contribution in [3.63, 3.8) is 0 Å². The fourth-order valence-electron chi connectivity index (χ4n) is 1.56. The topological polar surface area (TPSA) is 78.1 Å². The minimum atomic E-state index is 0.515. The van der Waals surface area contributed by atoms with Crippen LogP contribution in [0.4, 0.5) is 0 Å². The Kier molecular flexibility index (Phi) is 3.05. The summed E-state index contributed by atoms with van der Waals surface area (Å²) >= 11 is 0. The van der Waals surface area contributed by atoms with Crippen LogP contribution >= 0.6 is 0 Å². The maximum absolute atomic E-state index is 5.53. The lowest BCUT2D eigenvalue weighted by molar-refractivity contribution is 0.490. The maximum atomic E-state index is 5.53. The molecule has 2 rings (SSSR count). The van der Waals surface area contributed by atoms with Crippen molar-refractivity contribution in [2.75, 3.05) is 6.54 Å². The van der Waals surface area contributed by atoms with Crippen LogP contribution in [0.3, 0.4) is 0 Å². The van der Waals surface area contributed by atoms with Crippen molar-refractivity contribution in [3.8, 4) is 11.5 Å². The van der Waals surface area contributed by atoms with Crippen molar-refractivity contribution in [2.45, 2.75) is 26.7 Å². The van der Waals surface area contributed by atoms with Gasteiger partial charge in [-0.15, -0.1) is 10.2 Å². The SMILES string of the molecule is Cc1cc(-c2nnc(CCCN)o2)c(C)o1. The molecule has 0 aromatic carbocycles. The van der Waals surface area contributed by atoms with E-state index in [2.05, 4.69) is 10.2 Å². The molecule has 0 atom stereocenters. The second-order valence-electron chi connectivity index (χ2n) is 3.72. The average molecular weight is 221 g/mol. The Labute approximate surface area is 93.6 Å². The average Bonchev–Trinajstić information content (AvgIpc) is 2.82. The molecule has 0 bridgehead atoms. The second-order valence-corrected chi connectivity index (χ2v) is 3.72. The van der Waals surface area contributed by atoms with Gasteiger partial charge in [-0.2, -0.15) is 0 Å². The Morgan fingerprint density at radius 3 is 2.69 bits per heavy atom. The van der Waals surface area contributed by atoms with Crippen LogP contribution in [0.15, 0.2) is 14.9 Å². The first-order valence-electron chi connectivity index (χ1n) is 5.30. The van der Waals surface area contributed by atoms with Gasteiger partial charge >= 0.3 is 0 Å². The molecule has 0 amide bonds. The highest BCUT2D eigenvalue weighted by atomic mass is 16.4. The molecule has 2 N–H and O–H groups in total. The van der Waals surface area contributed by atoms with Crippen molar-refractivity contribution >= 4 is 0 Å². The maximum Gasteiger partial charge on any atom is 0.251 e. The fraction of sp³-hybridized carbons (Fsp3) is 0.455. The van der Waals surface area contributed by atoms with Gasteiger partial charge in [-0.05, 0) is 32.9 Å². The van der Waals surface area contributed by atoms with E-state index in [0.717, 1.165) is 29.9 Å². The standard InChI is InChI=1S/C11H15N3O2/c1-7-6-9(8(2)15-7)11-14-13-10(16-11)4-3-5-12/h6H,3-5,12H2,1-2H3. The van der Waals surface area contributed by atoms with E-state index < -0.39 is 0 Å². The van der Waals surface area contributed by atoms with Crippen LogP contribution in [0.2, 0.25) is 0 Å². The van der Waals surface area contributed by atoms with E-state index in [1.165, 1.54) is 0 Å². The smallest absolute Gasteiger partial charge is 0.251 e. The molecule has 0 aliphatic heterocycles. The highest BCUT2D eigenvalue weighted by Crippen LogP contribution is 2.25.